The lowest BCUT2D eigenvalue weighted by atomic mass is 9.54. The van der Waals surface area contributed by atoms with Gasteiger partial charge in [0.1, 0.15) is 6.04 Å². The zero-order valence-electron chi connectivity index (χ0n) is 12.3. The van der Waals surface area contributed by atoms with Gasteiger partial charge in [-0.25, -0.2) is 0 Å². The zero-order chi connectivity index (χ0) is 14.6. The Morgan fingerprint density at radius 3 is 2.19 bits per heavy atom. The van der Waals surface area contributed by atoms with Crippen LogP contribution in [0.1, 0.15) is 38.5 Å². The summed E-state index contributed by atoms with van der Waals surface area (Å²) in [6, 6.07) is -0.401. The normalized spacial score (nSPS) is 47.5. The van der Waals surface area contributed by atoms with E-state index in [0.29, 0.717) is 30.8 Å². The van der Waals surface area contributed by atoms with Gasteiger partial charge in [-0.3, -0.25) is 9.59 Å². The third-order valence-corrected chi connectivity index (χ3v) is 6.36. The molecule has 5 rings (SSSR count). The predicted octanol–water partition coefficient (Wildman–Crippen LogP) is 0.990. The molecule has 0 radical (unpaired) electrons. The molecule has 4 aliphatic carbocycles. The monoisotopic (exact) mass is 292 g/mol. The van der Waals surface area contributed by atoms with Crippen molar-refractivity contribution in [1.82, 2.24) is 10.6 Å². The van der Waals surface area contributed by atoms with E-state index in [0.717, 1.165) is 11.8 Å². The van der Waals surface area contributed by atoms with Crippen molar-refractivity contribution >= 4 is 11.9 Å². The molecule has 5 aliphatic rings. The number of carbonyl (C=O) groups is 2. The van der Waals surface area contributed by atoms with Crippen molar-refractivity contribution in [3.8, 4) is 0 Å². The molecule has 116 valence electrons. The third kappa shape index (κ3) is 2.26. The van der Waals surface area contributed by atoms with E-state index in [1.54, 1.807) is 0 Å². The molecule has 5 fully saturated rings. The summed E-state index contributed by atoms with van der Waals surface area (Å²) in [5, 5.41) is 15.4. The molecule has 0 aromatic rings. The van der Waals surface area contributed by atoms with Gasteiger partial charge in [-0.2, -0.15) is 0 Å². The summed E-state index contributed by atoms with van der Waals surface area (Å²) in [6.07, 6.45) is 7.11. The fourth-order valence-electron chi connectivity index (χ4n) is 5.68. The molecular weight excluding hydrogens is 268 g/mol. The Kier molecular flexibility index (Phi) is 3.21. The Balaban J connectivity index is 1.44. The van der Waals surface area contributed by atoms with E-state index in [1.807, 2.05) is 0 Å². The van der Waals surface area contributed by atoms with Crippen LogP contribution >= 0.6 is 0 Å². The second kappa shape index (κ2) is 4.97. The maximum Gasteiger partial charge on any atom is 0.321 e. The minimum atomic E-state index is -0.905. The number of rotatable bonds is 3. The Morgan fingerprint density at radius 1 is 1.00 bits per heavy atom. The van der Waals surface area contributed by atoms with E-state index in [1.165, 1.54) is 32.1 Å². The minimum Gasteiger partial charge on any atom is -0.480 e. The van der Waals surface area contributed by atoms with Crippen LogP contribution in [0, 0.1) is 29.6 Å². The van der Waals surface area contributed by atoms with Gasteiger partial charge in [0, 0.05) is 6.04 Å². The molecule has 1 aliphatic heterocycles. The molecule has 0 aromatic carbocycles. The lowest BCUT2D eigenvalue weighted by molar-refractivity contribution is -0.143. The van der Waals surface area contributed by atoms with Gasteiger partial charge < -0.3 is 15.7 Å². The first-order valence-corrected chi connectivity index (χ1v) is 8.38. The summed E-state index contributed by atoms with van der Waals surface area (Å²) in [5.41, 5.74) is 0. The van der Waals surface area contributed by atoms with Crippen LogP contribution in [0.5, 0.6) is 0 Å². The van der Waals surface area contributed by atoms with Gasteiger partial charge >= 0.3 is 5.97 Å². The van der Waals surface area contributed by atoms with E-state index in [4.69, 9.17) is 0 Å². The van der Waals surface area contributed by atoms with Crippen LogP contribution in [0.2, 0.25) is 0 Å². The smallest absolute Gasteiger partial charge is 0.321 e. The van der Waals surface area contributed by atoms with Crippen LogP contribution in [0.15, 0.2) is 0 Å². The van der Waals surface area contributed by atoms with Gasteiger partial charge in [0.2, 0.25) is 5.91 Å². The Labute approximate surface area is 124 Å². The molecule has 1 amide bonds. The fourth-order valence-corrected chi connectivity index (χ4v) is 5.68. The largest absolute Gasteiger partial charge is 0.480 e. The molecule has 4 saturated carbocycles. The average molecular weight is 292 g/mol. The molecule has 0 aromatic heterocycles. The van der Waals surface area contributed by atoms with E-state index in [-0.39, 0.29) is 5.91 Å². The van der Waals surface area contributed by atoms with E-state index < -0.39 is 17.9 Å². The second-order valence-corrected chi connectivity index (χ2v) is 7.63. The second-order valence-electron chi connectivity index (χ2n) is 7.63. The number of amides is 1. The summed E-state index contributed by atoms with van der Waals surface area (Å²) in [7, 11) is 0. The first-order valence-electron chi connectivity index (χ1n) is 8.38. The van der Waals surface area contributed by atoms with Crippen LogP contribution in [0.4, 0.5) is 0 Å². The highest BCUT2D eigenvalue weighted by Gasteiger charge is 2.49. The Hall–Kier alpha value is -1.10. The molecule has 5 nitrogen and oxygen atoms in total. The number of aliphatic carboxylic acids is 1. The SMILES string of the molecule is O=C(NC1C2CC3CC(C2)CC1C3)C1CCN[C@@H]1C(=O)O. The summed E-state index contributed by atoms with van der Waals surface area (Å²) < 4.78 is 0. The number of carbonyl (C=O) groups excluding carboxylic acids is 1. The highest BCUT2D eigenvalue weighted by Crippen LogP contribution is 2.53. The lowest BCUT2D eigenvalue weighted by Crippen LogP contribution is -2.57. The van der Waals surface area contributed by atoms with Crippen molar-refractivity contribution in [1.29, 1.82) is 0 Å². The van der Waals surface area contributed by atoms with Crippen molar-refractivity contribution in [3.63, 3.8) is 0 Å². The average Bonchev–Trinajstić information content (AvgIpc) is 2.91. The minimum absolute atomic E-state index is 0.0372. The molecular formula is C16H24N2O3. The van der Waals surface area contributed by atoms with Crippen molar-refractivity contribution in [2.75, 3.05) is 6.54 Å². The summed E-state index contributed by atoms with van der Waals surface area (Å²) >= 11 is 0. The van der Waals surface area contributed by atoms with Crippen LogP contribution in [0.3, 0.4) is 0 Å². The maximum atomic E-state index is 12.5. The molecule has 1 heterocycles. The van der Waals surface area contributed by atoms with E-state index in [9.17, 15) is 14.7 Å². The molecule has 1 unspecified atom stereocenters. The Bertz CT molecular complexity index is 436. The van der Waals surface area contributed by atoms with Crippen LogP contribution in [0.25, 0.3) is 0 Å². The van der Waals surface area contributed by atoms with Gasteiger partial charge in [0.15, 0.2) is 0 Å². The van der Waals surface area contributed by atoms with E-state index >= 15 is 0 Å². The molecule has 0 spiro atoms. The van der Waals surface area contributed by atoms with Crippen LogP contribution in [-0.2, 0) is 9.59 Å². The molecule has 1 saturated heterocycles. The number of nitrogens with one attached hydrogen (secondary N) is 2. The van der Waals surface area contributed by atoms with Gasteiger partial charge in [-0.1, -0.05) is 0 Å². The maximum absolute atomic E-state index is 12.5. The van der Waals surface area contributed by atoms with E-state index in [2.05, 4.69) is 10.6 Å². The number of hydrogen-bond donors (Lipinski definition) is 3. The molecule has 2 atom stereocenters. The quantitative estimate of drug-likeness (QED) is 0.725. The summed E-state index contributed by atoms with van der Waals surface area (Å²) in [6.45, 7) is 0.622. The number of carboxylic acids is 1. The van der Waals surface area contributed by atoms with Gasteiger partial charge in [0.05, 0.1) is 5.92 Å². The number of hydrogen-bond acceptors (Lipinski definition) is 3. The highest BCUT2D eigenvalue weighted by molar-refractivity contribution is 5.87. The number of carboxylic acid groups (broad SMARTS) is 1. The van der Waals surface area contributed by atoms with Crippen molar-refractivity contribution in [2.24, 2.45) is 29.6 Å². The van der Waals surface area contributed by atoms with Crippen molar-refractivity contribution < 1.29 is 14.7 Å². The first kappa shape index (κ1) is 13.6. The summed E-state index contributed by atoms with van der Waals surface area (Å²) in [5.74, 6) is 1.72. The molecule has 4 bridgehead atoms. The lowest BCUT2D eigenvalue weighted by Gasteiger charge is -2.54. The Morgan fingerprint density at radius 2 is 1.62 bits per heavy atom. The first-order chi connectivity index (χ1) is 10.1. The van der Waals surface area contributed by atoms with Crippen LogP contribution in [-0.4, -0.2) is 35.6 Å². The van der Waals surface area contributed by atoms with Crippen LogP contribution < -0.4 is 10.6 Å². The third-order valence-electron chi connectivity index (χ3n) is 6.36. The van der Waals surface area contributed by atoms with Crippen molar-refractivity contribution in [2.45, 2.75) is 50.6 Å². The van der Waals surface area contributed by atoms with Gasteiger partial charge in [-0.05, 0) is 68.7 Å². The predicted molar refractivity (Wildman–Crippen MR) is 76.5 cm³/mol. The topological polar surface area (TPSA) is 78.4 Å². The molecule has 5 heteroatoms. The van der Waals surface area contributed by atoms with Crippen molar-refractivity contribution in [3.05, 3.63) is 0 Å². The van der Waals surface area contributed by atoms with Gasteiger partial charge in [-0.15, -0.1) is 0 Å². The molecule has 3 N–H and O–H groups in total. The standard InChI is InChI=1S/C16H24N2O3/c19-15(12-1-2-17-14(12)16(20)21)18-13-10-4-8-3-9(6-10)7-11(13)5-8/h8-14,17H,1-7H2,(H,18,19)(H,20,21)/t8?,9?,10?,11?,12?,13?,14-/m0/s1. The van der Waals surface area contributed by atoms with Gasteiger partial charge in [0.25, 0.3) is 0 Å². The fraction of sp³-hybridized carbons (Fsp3) is 0.875. The highest BCUT2D eigenvalue weighted by atomic mass is 16.4. The molecule has 21 heavy (non-hydrogen) atoms. The summed E-state index contributed by atoms with van der Waals surface area (Å²) in [4.78, 5) is 23.7. The zero-order valence-corrected chi connectivity index (χ0v) is 12.3.